The van der Waals surface area contributed by atoms with Crippen LogP contribution in [0.5, 0.6) is 0 Å². The van der Waals surface area contributed by atoms with Crippen LogP contribution in [0, 0.1) is 11.7 Å². The molecule has 0 radical (unpaired) electrons. The van der Waals surface area contributed by atoms with Gasteiger partial charge < -0.3 is 10.2 Å². The summed E-state index contributed by atoms with van der Waals surface area (Å²) in [7, 11) is 3.76. The normalized spacial score (nSPS) is 12.6. The topological polar surface area (TPSA) is 28.2 Å². The van der Waals surface area contributed by atoms with Crippen molar-refractivity contribution in [2.45, 2.75) is 6.92 Å². The minimum Gasteiger partial charge on any atom is -0.357 e. The van der Waals surface area contributed by atoms with Gasteiger partial charge in [-0.05, 0) is 41.5 Å². The van der Waals surface area contributed by atoms with E-state index in [0.29, 0.717) is 16.2 Å². The smallest absolute Gasteiger partial charge is 0.166 e. The molecule has 0 aliphatic carbocycles. The number of hydrogen-bond acceptors (Lipinski definition) is 3. The number of hydrogen-bond donors (Lipinski definition) is 1. The highest BCUT2D eigenvalue weighted by atomic mass is 79.9. The largest absolute Gasteiger partial charge is 0.357 e. The van der Waals surface area contributed by atoms with Crippen molar-refractivity contribution in [3.8, 4) is 0 Å². The fourth-order valence-corrected chi connectivity index (χ4v) is 1.96. The molecular weight excluding hydrogens is 273 g/mol. The first-order valence-electron chi connectivity index (χ1n) is 5.21. The molecule has 0 amide bonds. The molecule has 1 aromatic heterocycles. The Labute approximate surface area is 104 Å². The van der Waals surface area contributed by atoms with Crippen LogP contribution in [0.1, 0.15) is 6.92 Å². The van der Waals surface area contributed by atoms with E-state index in [-0.39, 0.29) is 5.82 Å². The van der Waals surface area contributed by atoms with Crippen molar-refractivity contribution in [1.82, 2.24) is 10.3 Å². The number of aromatic nitrogens is 1. The maximum Gasteiger partial charge on any atom is 0.166 e. The minimum absolute atomic E-state index is 0.298. The lowest BCUT2D eigenvalue weighted by Crippen LogP contribution is -2.30. The van der Waals surface area contributed by atoms with Crippen molar-refractivity contribution in [3.05, 3.63) is 22.6 Å². The number of nitrogens with zero attached hydrogens (tertiary/aromatic N) is 2. The molecule has 0 saturated heterocycles. The van der Waals surface area contributed by atoms with Crippen LogP contribution in [0.3, 0.4) is 0 Å². The summed E-state index contributed by atoms with van der Waals surface area (Å²) in [5, 5.41) is 3.10. The Morgan fingerprint density at radius 3 is 2.88 bits per heavy atom. The van der Waals surface area contributed by atoms with E-state index in [4.69, 9.17) is 0 Å². The van der Waals surface area contributed by atoms with Crippen molar-refractivity contribution in [1.29, 1.82) is 0 Å². The van der Waals surface area contributed by atoms with E-state index >= 15 is 0 Å². The molecule has 1 heterocycles. The molecule has 0 aromatic carbocycles. The summed E-state index contributed by atoms with van der Waals surface area (Å²) in [4.78, 5) is 5.91. The SMILES string of the molecule is CNCC(C)CN(C)c1ncc(Br)cc1F. The predicted octanol–water partition coefficient (Wildman–Crippen LogP) is 2.27. The second-order valence-electron chi connectivity index (χ2n) is 4.00. The van der Waals surface area contributed by atoms with Crippen molar-refractivity contribution in [3.63, 3.8) is 0 Å². The first-order valence-corrected chi connectivity index (χ1v) is 6.00. The molecule has 1 atom stereocenters. The Balaban J connectivity index is 2.69. The zero-order valence-corrected chi connectivity index (χ0v) is 11.4. The Kier molecular flexibility index (Phi) is 5.15. The molecule has 0 saturated carbocycles. The molecular formula is C11H17BrFN3. The van der Waals surface area contributed by atoms with Gasteiger partial charge in [-0.15, -0.1) is 0 Å². The summed E-state index contributed by atoms with van der Waals surface area (Å²) in [6.45, 7) is 3.79. The average Bonchev–Trinajstić information content (AvgIpc) is 2.17. The lowest BCUT2D eigenvalue weighted by Gasteiger charge is -2.22. The summed E-state index contributed by atoms with van der Waals surface area (Å²) in [6, 6.07) is 1.43. The number of nitrogens with one attached hydrogen (secondary N) is 1. The number of pyridine rings is 1. The van der Waals surface area contributed by atoms with Gasteiger partial charge in [0.1, 0.15) is 0 Å². The molecule has 1 unspecified atom stereocenters. The molecule has 1 rings (SSSR count). The van der Waals surface area contributed by atoms with Gasteiger partial charge >= 0.3 is 0 Å². The van der Waals surface area contributed by atoms with Crippen LogP contribution in [0.25, 0.3) is 0 Å². The van der Waals surface area contributed by atoms with Gasteiger partial charge in [-0.3, -0.25) is 0 Å². The standard InChI is InChI=1S/C11H17BrFN3/c1-8(5-14-2)7-16(3)11-10(13)4-9(12)6-15-11/h4,6,8,14H,5,7H2,1-3H3. The number of rotatable bonds is 5. The van der Waals surface area contributed by atoms with Gasteiger partial charge in [-0.2, -0.15) is 0 Å². The first kappa shape index (κ1) is 13.4. The Morgan fingerprint density at radius 2 is 2.31 bits per heavy atom. The fourth-order valence-electron chi connectivity index (χ4n) is 1.66. The van der Waals surface area contributed by atoms with Crippen LogP contribution >= 0.6 is 15.9 Å². The molecule has 16 heavy (non-hydrogen) atoms. The third-order valence-corrected chi connectivity index (χ3v) is 2.72. The summed E-state index contributed by atoms with van der Waals surface area (Å²) < 4.78 is 14.2. The number of anilines is 1. The van der Waals surface area contributed by atoms with Gasteiger partial charge in [0.15, 0.2) is 11.6 Å². The van der Waals surface area contributed by atoms with E-state index in [2.05, 4.69) is 33.2 Å². The first-order chi connectivity index (χ1) is 7.54. The van der Waals surface area contributed by atoms with E-state index in [1.165, 1.54) is 6.07 Å². The Bertz CT molecular complexity index is 346. The molecule has 1 N–H and O–H groups in total. The zero-order valence-electron chi connectivity index (χ0n) is 9.80. The number of halogens is 2. The highest BCUT2D eigenvalue weighted by molar-refractivity contribution is 9.10. The van der Waals surface area contributed by atoms with Crippen LogP contribution in [-0.4, -0.2) is 32.2 Å². The maximum atomic E-state index is 13.6. The second-order valence-corrected chi connectivity index (χ2v) is 4.92. The highest BCUT2D eigenvalue weighted by Crippen LogP contribution is 2.19. The third kappa shape index (κ3) is 3.72. The molecule has 1 aromatic rings. The summed E-state index contributed by atoms with van der Waals surface area (Å²) >= 11 is 3.19. The molecule has 0 spiro atoms. The van der Waals surface area contributed by atoms with Crippen LogP contribution in [-0.2, 0) is 0 Å². The lowest BCUT2D eigenvalue weighted by atomic mass is 10.1. The van der Waals surface area contributed by atoms with Gasteiger partial charge in [0.05, 0.1) is 0 Å². The zero-order chi connectivity index (χ0) is 12.1. The van der Waals surface area contributed by atoms with Crippen molar-refractivity contribution >= 4 is 21.7 Å². The van der Waals surface area contributed by atoms with Crippen molar-refractivity contribution < 1.29 is 4.39 Å². The maximum absolute atomic E-state index is 13.6. The van der Waals surface area contributed by atoms with E-state index in [9.17, 15) is 4.39 Å². The average molecular weight is 290 g/mol. The fraction of sp³-hybridized carbons (Fsp3) is 0.545. The lowest BCUT2D eigenvalue weighted by molar-refractivity contribution is 0.532. The summed E-state index contributed by atoms with van der Waals surface area (Å²) in [5.74, 6) is 0.541. The second kappa shape index (κ2) is 6.15. The van der Waals surface area contributed by atoms with E-state index in [1.807, 2.05) is 19.0 Å². The predicted molar refractivity (Wildman–Crippen MR) is 68.3 cm³/mol. The molecule has 90 valence electrons. The van der Waals surface area contributed by atoms with Gasteiger partial charge in [0, 0.05) is 24.3 Å². The molecule has 5 heteroatoms. The van der Waals surface area contributed by atoms with Crippen LogP contribution in [0.2, 0.25) is 0 Å². The molecule has 0 fully saturated rings. The molecule has 0 bridgehead atoms. The Hall–Kier alpha value is -0.680. The van der Waals surface area contributed by atoms with Gasteiger partial charge in [-0.1, -0.05) is 6.92 Å². The minimum atomic E-state index is -0.298. The summed E-state index contributed by atoms with van der Waals surface area (Å²) in [6.07, 6.45) is 1.61. The molecule has 0 aliphatic heterocycles. The highest BCUT2D eigenvalue weighted by Gasteiger charge is 2.12. The van der Waals surface area contributed by atoms with Crippen LogP contribution in [0.4, 0.5) is 10.2 Å². The molecule has 0 aliphatic rings. The quantitative estimate of drug-likeness (QED) is 0.901. The van der Waals surface area contributed by atoms with Gasteiger partial charge in [0.2, 0.25) is 0 Å². The van der Waals surface area contributed by atoms with Gasteiger partial charge in [0.25, 0.3) is 0 Å². The van der Waals surface area contributed by atoms with Crippen molar-refractivity contribution in [2.24, 2.45) is 5.92 Å². The van der Waals surface area contributed by atoms with E-state index in [0.717, 1.165) is 13.1 Å². The van der Waals surface area contributed by atoms with Crippen LogP contribution < -0.4 is 10.2 Å². The van der Waals surface area contributed by atoms with Crippen molar-refractivity contribution in [2.75, 3.05) is 32.1 Å². The summed E-state index contributed by atoms with van der Waals surface area (Å²) in [5.41, 5.74) is 0. The van der Waals surface area contributed by atoms with E-state index < -0.39 is 0 Å². The Morgan fingerprint density at radius 1 is 1.62 bits per heavy atom. The van der Waals surface area contributed by atoms with E-state index in [1.54, 1.807) is 6.20 Å². The molecule has 3 nitrogen and oxygen atoms in total. The third-order valence-electron chi connectivity index (χ3n) is 2.29. The van der Waals surface area contributed by atoms with Crippen LogP contribution in [0.15, 0.2) is 16.7 Å². The van der Waals surface area contributed by atoms with Gasteiger partial charge in [-0.25, -0.2) is 9.37 Å². The monoisotopic (exact) mass is 289 g/mol.